The molecule has 0 aromatic rings. The maximum atomic E-state index is 13.0. The lowest BCUT2D eigenvalue weighted by atomic mass is 10.0. The SMILES string of the molecule is CCCCCC/C=C/CC/C=C/CC/C=C/C(O)C(COP(=O)(O)OCC[N+](C)(C)C)NC(=O)CCCCCCCCCCCCCCCCCCCCCCCCCCCCCCCCCC. The van der Waals surface area contributed by atoms with Crippen LogP contribution in [0.3, 0.4) is 0 Å². The number of hydrogen-bond acceptors (Lipinski definition) is 5. The summed E-state index contributed by atoms with van der Waals surface area (Å²) < 4.78 is 23.6. The third kappa shape index (κ3) is 52.5. The average Bonchev–Trinajstić information content (AvgIpc) is 3.30. The first-order chi connectivity index (χ1) is 33.0. The van der Waals surface area contributed by atoms with Crippen molar-refractivity contribution in [1.29, 1.82) is 0 Å². The highest BCUT2D eigenvalue weighted by atomic mass is 31.2. The fourth-order valence-electron chi connectivity index (χ4n) is 8.72. The molecule has 0 spiro atoms. The summed E-state index contributed by atoms with van der Waals surface area (Å²) in [6.07, 6.45) is 65.6. The van der Waals surface area contributed by atoms with E-state index in [1.165, 1.54) is 218 Å². The van der Waals surface area contributed by atoms with Crippen molar-refractivity contribution >= 4 is 13.7 Å². The summed E-state index contributed by atoms with van der Waals surface area (Å²) in [5.41, 5.74) is 0. The third-order valence-electron chi connectivity index (χ3n) is 13.3. The molecule has 0 rings (SSSR count). The molecule has 9 heteroatoms. The summed E-state index contributed by atoms with van der Waals surface area (Å²) in [6, 6.07) is -0.867. The third-order valence-corrected chi connectivity index (χ3v) is 14.3. The number of amides is 1. The molecule has 3 unspecified atom stereocenters. The number of nitrogens with one attached hydrogen (secondary N) is 1. The molecule has 8 nitrogen and oxygen atoms in total. The minimum atomic E-state index is -4.35. The number of aliphatic hydroxyl groups excluding tert-OH is 1. The zero-order chi connectivity index (χ0) is 49.9. The Morgan fingerprint density at radius 2 is 0.809 bits per heavy atom. The molecule has 0 aromatic heterocycles. The van der Waals surface area contributed by atoms with Gasteiger partial charge in [-0.3, -0.25) is 13.8 Å². The smallest absolute Gasteiger partial charge is 0.387 e. The molecule has 0 fully saturated rings. The average molecular weight is 981 g/mol. The molecule has 68 heavy (non-hydrogen) atoms. The normalized spacial score (nSPS) is 14.2. The quantitative estimate of drug-likeness (QED) is 0.0243. The lowest BCUT2D eigenvalue weighted by molar-refractivity contribution is -0.870. The number of quaternary nitrogens is 1. The van der Waals surface area contributed by atoms with Crippen LogP contribution in [-0.4, -0.2) is 73.4 Å². The van der Waals surface area contributed by atoms with Gasteiger partial charge in [0.05, 0.1) is 39.9 Å². The van der Waals surface area contributed by atoms with Crippen LogP contribution >= 0.6 is 7.82 Å². The molecule has 0 aromatic carbocycles. The van der Waals surface area contributed by atoms with E-state index in [1.54, 1.807) is 6.08 Å². The minimum absolute atomic E-state index is 0.0549. The van der Waals surface area contributed by atoms with Crippen LogP contribution in [0.5, 0.6) is 0 Å². The van der Waals surface area contributed by atoms with Crippen molar-refractivity contribution in [2.45, 2.75) is 296 Å². The van der Waals surface area contributed by atoms with Crippen LogP contribution in [0.25, 0.3) is 0 Å². The first kappa shape index (κ1) is 66.7. The second-order valence-corrected chi connectivity index (χ2v) is 22.8. The molecule has 0 saturated heterocycles. The van der Waals surface area contributed by atoms with Crippen LogP contribution in [0.15, 0.2) is 36.5 Å². The molecule has 1 amide bonds. The van der Waals surface area contributed by atoms with Crippen LogP contribution in [0.1, 0.15) is 284 Å². The van der Waals surface area contributed by atoms with E-state index in [0.29, 0.717) is 17.4 Å². The van der Waals surface area contributed by atoms with E-state index < -0.39 is 20.0 Å². The van der Waals surface area contributed by atoms with Gasteiger partial charge < -0.3 is 19.8 Å². The lowest BCUT2D eigenvalue weighted by Gasteiger charge is -2.25. The van der Waals surface area contributed by atoms with Crippen molar-refractivity contribution in [3.8, 4) is 0 Å². The second-order valence-electron chi connectivity index (χ2n) is 21.4. The van der Waals surface area contributed by atoms with Gasteiger partial charge in [0.1, 0.15) is 13.2 Å². The van der Waals surface area contributed by atoms with Gasteiger partial charge in [0.25, 0.3) is 0 Å². The van der Waals surface area contributed by atoms with E-state index in [2.05, 4.69) is 43.5 Å². The van der Waals surface area contributed by atoms with Crippen molar-refractivity contribution in [1.82, 2.24) is 5.32 Å². The predicted octanol–water partition coefficient (Wildman–Crippen LogP) is 17.8. The number of carbonyl (C=O) groups is 1. The first-order valence-corrected chi connectivity index (χ1v) is 30.9. The molecule has 0 aliphatic rings. The zero-order valence-electron chi connectivity index (χ0n) is 45.9. The van der Waals surface area contributed by atoms with Gasteiger partial charge in [0.2, 0.25) is 5.91 Å². The molecule has 0 saturated carbocycles. The van der Waals surface area contributed by atoms with Crippen molar-refractivity contribution < 1.29 is 32.9 Å². The van der Waals surface area contributed by atoms with Crippen LogP contribution in [-0.2, 0) is 18.4 Å². The Balaban J connectivity index is 4.02. The van der Waals surface area contributed by atoms with Crippen LogP contribution < -0.4 is 5.32 Å². The lowest BCUT2D eigenvalue weighted by Crippen LogP contribution is -2.45. The molecular formula is C59H116N2O6P+. The van der Waals surface area contributed by atoms with Gasteiger partial charge >= 0.3 is 7.82 Å². The highest BCUT2D eigenvalue weighted by Crippen LogP contribution is 2.43. The fourth-order valence-corrected chi connectivity index (χ4v) is 9.46. The van der Waals surface area contributed by atoms with E-state index >= 15 is 0 Å². The number of hydrogen-bond donors (Lipinski definition) is 3. The molecule has 3 atom stereocenters. The van der Waals surface area contributed by atoms with Crippen LogP contribution in [0, 0.1) is 0 Å². The van der Waals surface area contributed by atoms with E-state index in [1.807, 2.05) is 27.2 Å². The molecule has 3 N–H and O–H groups in total. The molecule has 402 valence electrons. The molecule has 0 heterocycles. The van der Waals surface area contributed by atoms with Crippen molar-refractivity contribution in [3.63, 3.8) is 0 Å². The van der Waals surface area contributed by atoms with Crippen LogP contribution in [0.2, 0.25) is 0 Å². The Morgan fingerprint density at radius 1 is 0.485 bits per heavy atom. The summed E-state index contributed by atoms with van der Waals surface area (Å²) in [5, 5.41) is 13.9. The Labute approximate surface area is 423 Å². The molecule has 0 aliphatic heterocycles. The number of unbranched alkanes of at least 4 members (excludes halogenated alkanes) is 37. The summed E-state index contributed by atoms with van der Waals surface area (Å²) in [7, 11) is 1.55. The molecular weight excluding hydrogens is 864 g/mol. The molecule has 0 aliphatic carbocycles. The van der Waals surface area contributed by atoms with Gasteiger partial charge in [-0.25, -0.2) is 4.57 Å². The monoisotopic (exact) mass is 980 g/mol. The standard InChI is InChI=1S/C59H115N2O6P/c1-6-8-10-12-14-16-18-20-22-23-24-25-26-27-28-29-30-31-32-33-34-35-36-37-38-39-41-43-45-47-49-51-53-59(63)60-57(56-67-68(64,65)66-55-54-61(3,4)5)58(62)52-50-48-46-44-42-40-21-19-17-15-13-11-9-7-2/h17,19,42,44,50,52,57-58,62H,6-16,18,20-41,43,45-49,51,53-56H2,1-5H3,(H-,60,63,64,65)/p+1/b19-17+,44-42+,52-50+. The van der Waals surface area contributed by atoms with Crippen LogP contribution in [0.4, 0.5) is 0 Å². The minimum Gasteiger partial charge on any atom is -0.387 e. The number of likely N-dealkylation sites (N-methyl/N-ethyl adjacent to an activating group) is 1. The molecule has 0 radical (unpaired) electrons. The van der Waals surface area contributed by atoms with Crippen molar-refractivity contribution in [3.05, 3.63) is 36.5 Å². The Hall–Kier alpha value is -1.28. The van der Waals surface area contributed by atoms with E-state index in [4.69, 9.17) is 9.05 Å². The number of carbonyl (C=O) groups excluding carboxylic acids is 1. The van der Waals surface area contributed by atoms with Gasteiger partial charge in [-0.1, -0.05) is 269 Å². The Kier molecular flexibility index (Phi) is 49.7. The second kappa shape index (κ2) is 50.7. The maximum absolute atomic E-state index is 13.0. The van der Waals surface area contributed by atoms with Gasteiger partial charge in [-0.05, 0) is 44.9 Å². The number of allylic oxidation sites excluding steroid dienone is 5. The number of aliphatic hydroxyl groups is 1. The van der Waals surface area contributed by atoms with Crippen molar-refractivity contribution in [2.24, 2.45) is 0 Å². The number of rotatable bonds is 54. The topological polar surface area (TPSA) is 105 Å². The maximum Gasteiger partial charge on any atom is 0.472 e. The van der Waals surface area contributed by atoms with E-state index in [-0.39, 0.29) is 19.1 Å². The van der Waals surface area contributed by atoms with E-state index in [0.717, 1.165) is 44.9 Å². The first-order valence-electron chi connectivity index (χ1n) is 29.4. The Bertz CT molecular complexity index is 1200. The van der Waals surface area contributed by atoms with E-state index in [9.17, 15) is 19.4 Å². The van der Waals surface area contributed by atoms with Crippen molar-refractivity contribution in [2.75, 3.05) is 40.9 Å². The highest BCUT2D eigenvalue weighted by molar-refractivity contribution is 7.47. The van der Waals surface area contributed by atoms with Gasteiger partial charge in [0.15, 0.2) is 0 Å². The summed E-state index contributed by atoms with van der Waals surface area (Å²) in [5.74, 6) is -0.187. The summed E-state index contributed by atoms with van der Waals surface area (Å²) in [6.45, 7) is 4.79. The molecule has 0 bridgehead atoms. The predicted molar refractivity (Wildman–Crippen MR) is 295 cm³/mol. The highest BCUT2D eigenvalue weighted by Gasteiger charge is 2.27. The number of phosphoric acid groups is 1. The van der Waals surface area contributed by atoms with Gasteiger partial charge in [-0.15, -0.1) is 0 Å². The fraction of sp³-hybridized carbons (Fsp3) is 0.881. The summed E-state index contributed by atoms with van der Waals surface area (Å²) >= 11 is 0. The van der Waals surface area contributed by atoms with Gasteiger partial charge in [0, 0.05) is 6.42 Å². The van der Waals surface area contributed by atoms with Gasteiger partial charge in [-0.2, -0.15) is 0 Å². The Morgan fingerprint density at radius 3 is 1.18 bits per heavy atom. The summed E-state index contributed by atoms with van der Waals surface area (Å²) in [4.78, 5) is 23.2. The number of nitrogens with zero attached hydrogens (tertiary/aromatic N) is 1. The number of phosphoric ester groups is 1. The zero-order valence-corrected chi connectivity index (χ0v) is 46.8. The largest absolute Gasteiger partial charge is 0.472 e.